The van der Waals surface area contributed by atoms with Crippen LogP contribution in [0.4, 0.5) is 5.69 Å². The van der Waals surface area contributed by atoms with Crippen LogP contribution in [0.2, 0.25) is 0 Å². The van der Waals surface area contributed by atoms with E-state index in [-0.39, 0.29) is 0 Å². The van der Waals surface area contributed by atoms with Crippen LogP contribution < -0.4 is 5.01 Å². The van der Waals surface area contributed by atoms with Crippen molar-refractivity contribution in [3.63, 3.8) is 0 Å². The number of pyridine rings is 1. The Kier molecular flexibility index (Phi) is 1.19. The molecule has 0 atom stereocenters. The number of rotatable bonds is 0. The number of fused-ring (bicyclic) bond motifs is 3. The van der Waals surface area contributed by atoms with E-state index >= 15 is 0 Å². The Hall–Kier alpha value is -1.84. The summed E-state index contributed by atoms with van der Waals surface area (Å²) in [6.07, 6.45) is 9.53. The van der Waals surface area contributed by atoms with Crippen LogP contribution in [-0.2, 0) is 0 Å². The van der Waals surface area contributed by atoms with Gasteiger partial charge in [0.2, 0.25) is 0 Å². The van der Waals surface area contributed by atoms with E-state index in [9.17, 15) is 0 Å². The second-order valence-corrected chi connectivity index (χ2v) is 2.95. The van der Waals surface area contributed by atoms with E-state index in [4.69, 9.17) is 0 Å². The fourth-order valence-electron chi connectivity index (χ4n) is 1.57. The minimum atomic E-state index is 0.822. The molecule has 0 N–H and O–H groups in total. The summed E-state index contributed by atoms with van der Waals surface area (Å²) in [6.45, 7) is 0.822. The largest absolute Gasteiger partial charge is 0.262 e. The Balaban J connectivity index is 2.15. The Morgan fingerprint density at radius 1 is 1.38 bits per heavy atom. The van der Waals surface area contributed by atoms with E-state index in [1.54, 1.807) is 6.20 Å². The van der Waals surface area contributed by atoms with Crippen LogP contribution in [0.15, 0.2) is 29.8 Å². The number of hydrogen-bond acceptors (Lipinski definition) is 4. The number of nitrogens with zero attached hydrogens (tertiary/aromatic N) is 4. The summed E-state index contributed by atoms with van der Waals surface area (Å²) in [7, 11) is 0. The van der Waals surface area contributed by atoms with E-state index in [0.717, 1.165) is 12.2 Å². The molecule has 0 radical (unpaired) electrons. The van der Waals surface area contributed by atoms with Gasteiger partial charge in [-0.15, -0.1) is 0 Å². The second kappa shape index (κ2) is 2.32. The highest BCUT2D eigenvalue weighted by Gasteiger charge is 2.21. The number of aromatic nitrogens is 1. The van der Waals surface area contributed by atoms with Crippen molar-refractivity contribution in [1.82, 2.24) is 10.1 Å². The lowest BCUT2D eigenvalue weighted by Gasteiger charge is -2.29. The van der Waals surface area contributed by atoms with Gasteiger partial charge in [0, 0.05) is 24.2 Å². The quantitative estimate of drug-likeness (QED) is 0.587. The summed E-state index contributed by atoms with van der Waals surface area (Å²) < 4.78 is 0. The normalized spacial score (nSPS) is 17.5. The van der Waals surface area contributed by atoms with Gasteiger partial charge in [-0.25, -0.2) is 0 Å². The molecule has 0 aliphatic carbocycles. The molecule has 2 aliphatic rings. The fourth-order valence-corrected chi connectivity index (χ4v) is 1.57. The van der Waals surface area contributed by atoms with Crippen LogP contribution in [0.5, 0.6) is 0 Å². The van der Waals surface area contributed by atoms with Crippen LogP contribution in [0.3, 0.4) is 0 Å². The molecule has 3 rings (SSSR count). The fraction of sp³-hybridized carbons (Fsp3) is 0.111. The summed E-state index contributed by atoms with van der Waals surface area (Å²) in [6, 6.07) is 2.00. The zero-order valence-electron chi connectivity index (χ0n) is 6.96. The molecule has 1 aromatic rings. The van der Waals surface area contributed by atoms with Gasteiger partial charge in [-0.2, -0.15) is 10.2 Å². The molecule has 0 spiro atoms. The first kappa shape index (κ1) is 6.65. The van der Waals surface area contributed by atoms with Gasteiger partial charge in [-0.3, -0.25) is 9.99 Å². The number of anilines is 1. The predicted octanol–water partition coefficient (Wildman–Crippen LogP) is 1.09. The minimum absolute atomic E-state index is 0.822. The molecule has 4 heteroatoms. The molecular formula is C9H8N4. The first-order valence-corrected chi connectivity index (χ1v) is 4.16. The van der Waals surface area contributed by atoms with Gasteiger partial charge in [-0.05, 0) is 12.1 Å². The van der Waals surface area contributed by atoms with E-state index in [2.05, 4.69) is 15.1 Å². The highest BCUT2D eigenvalue weighted by atomic mass is 15.8. The first-order chi connectivity index (χ1) is 6.45. The summed E-state index contributed by atoms with van der Waals surface area (Å²) in [4.78, 5) is 4.10. The van der Waals surface area contributed by atoms with Crippen molar-refractivity contribution >= 4 is 18.0 Å². The predicted molar refractivity (Wildman–Crippen MR) is 50.9 cm³/mol. The molecule has 2 aliphatic heterocycles. The molecule has 3 heterocycles. The lowest BCUT2D eigenvalue weighted by Crippen LogP contribution is -2.33. The van der Waals surface area contributed by atoms with Crippen molar-refractivity contribution in [1.29, 1.82) is 0 Å². The molecular weight excluding hydrogens is 164 g/mol. The molecule has 0 saturated carbocycles. The Morgan fingerprint density at radius 3 is 3.38 bits per heavy atom. The molecule has 0 fully saturated rings. The van der Waals surface area contributed by atoms with Crippen LogP contribution in [0.1, 0.15) is 5.56 Å². The van der Waals surface area contributed by atoms with Crippen LogP contribution in [0, 0.1) is 0 Å². The maximum Gasteiger partial charge on any atom is 0.0854 e. The average Bonchev–Trinajstić information content (AvgIpc) is 2.65. The standard InChI is InChI=1S/C9H8N4/c1-3-10-7-9-8(1)2-5-13-11-4-6-12(9)13/h1-5,7H,6H2. The number of hydrazone groups is 1. The molecule has 0 aromatic carbocycles. The summed E-state index contributed by atoms with van der Waals surface area (Å²) in [5.74, 6) is 0. The Labute approximate surface area is 75.8 Å². The highest BCUT2D eigenvalue weighted by molar-refractivity contribution is 5.76. The summed E-state index contributed by atoms with van der Waals surface area (Å²) >= 11 is 0. The zero-order valence-corrected chi connectivity index (χ0v) is 6.96. The first-order valence-electron chi connectivity index (χ1n) is 4.16. The van der Waals surface area contributed by atoms with Crippen molar-refractivity contribution in [2.45, 2.75) is 0 Å². The molecule has 0 unspecified atom stereocenters. The number of hydrogen-bond donors (Lipinski definition) is 0. The van der Waals surface area contributed by atoms with Crippen LogP contribution in [0.25, 0.3) is 6.08 Å². The van der Waals surface area contributed by atoms with Crippen molar-refractivity contribution in [3.05, 3.63) is 30.2 Å². The molecule has 0 bridgehead atoms. The summed E-state index contributed by atoms with van der Waals surface area (Å²) in [5.41, 5.74) is 2.30. The van der Waals surface area contributed by atoms with Gasteiger partial charge in [0.05, 0.1) is 18.4 Å². The van der Waals surface area contributed by atoms with E-state index in [1.165, 1.54) is 5.56 Å². The maximum atomic E-state index is 4.18. The van der Waals surface area contributed by atoms with Crippen molar-refractivity contribution in [3.8, 4) is 0 Å². The third-order valence-electron chi connectivity index (χ3n) is 2.20. The Bertz CT molecular complexity index is 396. The van der Waals surface area contributed by atoms with Crippen LogP contribution >= 0.6 is 0 Å². The number of hydrazine groups is 1. The third kappa shape index (κ3) is 0.853. The second-order valence-electron chi connectivity index (χ2n) is 2.95. The van der Waals surface area contributed by atoms with Gasteiger partial charge in [-0.1, -0.05) is 0 Å². The monoisotopic (exact) mass is 172 g/mol. The smallest absolute Gasteiger partial charge is 0.0854 e. The van der Waals surface area contributed by atoms with E-state index in [1.807, 2.05) is 35.9 Å². The van der Waals surface area contributed by atoms with Crippen LogP contribution in [-0.4, -0.2) is 22.9 Å². The van der Waals surface area contributed by atoms with Gasteiger partial charge >= 0.3 is 0 Å². The molecule has 1 aromatic heterocycles. The topological polar surface area (TPSA) is 31.7 Å². The van der Waals surface area contributed by atoms with Crippen molar-refractivity contribution < 1.29 is 0 Å². The molecule has 4 nitrogen and oxygen atoms in total. The molecule has 0 saturated heterocycles. The van der Waals surface area contributed by atoms with E-state index in [0.29, 0.717) is 0 Å². The highest BCUT2D eigenvalue weighted by Crippen LogP contribution is 2.28. The molecule has 13 heavy (non-hydrogen) atoms. The van der Waals surface area contributed by atoms with Gasteiger partial charge < -0.3 is 0 Å². The van der Waals surface area contributed by atoms with Crippen molar-refractivity contribution in [2.75, 3.05) is 11.6 Å². The lowest BCUT2D eigenvalue weighted by atomic mass is 10.2. The van der Waals surface area contributed by atoms with E-state index < -0.39 is 0 Å². The van der Waals surface area contributed by atoms with Crippen molar-refractivity contribution in [2.24, 2.45) is 5.10 Å². The van der Waals surface area contributed by atoms with Gasteiger partial charge in [0.1, 0.15) is 0 Å². The average molecular weight is 172 g/mol. The maximum absolute atomic E-state index is 4.18. The Morgan fingerprint density at radius 2 is 2.38 bits per heavy atom. The van der Waals surface area contributed by atoms with Gasteiger partial charge in [0.25, 0.3) is 0 Å². The SMILES string of the molecule is C1=CN2N=CCN2c2cnccc21. The van der Waals surface area contributed by atoms with Gasteiger partial charge in [0.15, 0.2) is 0 Å². The zero-order chi connectivity index (χ0) is 8.67. The lowest BCUT2D eigenvalue weighted by molar-refractivity contribution is 0.402. The third-order valence-corrected chi connectivity index (χ3v) is 2.20. The molecule has 64 valence electrons. The minimum Gasteiger partial charge on any atom is -0.262 e. The summed E-state index contributed by atoms with van der Waals surface area (Å²) in [5, 5.41) is 8.07. The molecule has 0 amide bonds.